The number of hydrogen-bond donors (Lipinski definition) is 1. The summed E-state index contributed by atoms with van der Waals surface area (Å²) in [5.41, 5.74) is 2.43. The molecule has 22 heavy (non-hydrogen) atoms. The van der Waals surface area contributed by atoms with Gasteiger partial charge in [0.1, 0.15) is 0 Å². The largest absolute Gasteiger partial charge is 0.348 e. The van der Waals surface area contributed by atoms with Crippen LogP contribution >= 0.6 is 11.3 Å². The van der Waals surface area contributed by atoms with Crippen LogP contribution in [0.4, 0.5) is 0 Å². The molecule has 0 unspecified atom stereocenters. The molecule has 1 amide bonds. The summed E-state index contributed by atoms with van der Waals surface area (Å²) in [6, 6.07) is 17.5. The number of carbonyl (C=O) groups excluding carboxylic acids is 1. The van der Waals surface area contributed by atoms with Crippen molar-refractivity contribution >= 4 is 17.2 Å². The van der Waals surface area contributed by atoms with Crippen LogP contribution in [-0.4, -0.2) is 10.9 Å². The third-order valence-corrected chi connectivity index (χ3v) is 4.33. The third kappa shape index (κ3) is 3.23. The third-order valence-electron chi connectivity index (χ3n) is 3.32. The summed E-state index contributed by atoms with van der Waals surface area (Å²) < 4.78 is 0. The number of aryl methyl sites for hydroxylation is 1. The highest BCUT2D eigenvalue weighted by atomic mass is 32.1. The van der Waals surface area contributed by atoms with Crippen LogP contribution in [0.2, 0.25) is 0 Å². The van der Waals surface area contributed by atoms with Gasteiger partial charge in [-0.05, 0) is 36.8 Å². The molecule has 2 aromatic heterocycles. The van der Waals surface area contributed by atoms with Gasteiger partial charge in [-0.3, -0.25) is 9.78 Å². The van der Waals surface area contributed by atoms with Gasteiger partial charge in [-0.1, -0.05) is 30.3 Å². The maximum Gasteiger partial charge on any atom is 0.253 e. The summed E-state index contributed by atoms with van der Waals surface area (Å²) in [4.78, 5) is 19.1. The van der Waals surface area contributed by atoms with Crippen LogP contribution in [0.15, 0.2) is 60.8 Å². The van der Waals surface area contributed by atoms with Gasteiger partial charge in [0, 0.05) is 17.6 Å². The predicted molar refractivity (Wildman–Crippen MR) is 89.9 cm³/mol. The van der Waals surface area contributed by atoms with E-state index in [1.807, 2.05) is 55.5 Å². The second-order valence-electron chi connectivity index (χ2n) is 4.98. The van der Waals surface area contributed by atoms with Crippen molar-refractivity contribution < 1.29 is 4.79 Å². The van der Waals surface area contributed by atoms with Gasteiger partial charge in [0.15, 0.2) is 0 Å². The highest BCUT2D eigenvalue weighted by Gasteiger charge is 2.14. The van der Waals surface area contributed by atoms with E-state index >= 15 is 0 Å². The van der Waals surface area contributed by atoms with E-state index in [2.05, 4.69) is 10.3 Å². The monoisotopic (exact) mass is 308 g/mol. The lowest BCUT2D eigenvalue weighted by molar-refractivity contribution is 0.0951. The Labute approximate surface area is 133 Å². The van der Waals surface area contributed by atoms with Crippen LogP contribution in [0, 0.1) is 6.92 Å². The summed E-state index contributed by atoms with van der Waals surface area (Å²) in [6.07, 6.45) is 1.72. The van der Waals surface area contributed by atoms with Crippen molar-refractivity contribution in [3.05, 3.63) is 76.8 Å². The molecule has 0 aliphatic heterocycles. The van der Waals surface area contributed by atoms with Gasteiger partial charge in [0.05, 0.1) is 16.1 Å². The Kier molecular flexibility index (Phi) is 4.30. The van der Waals surface area contributed by atoms with Gasteiger partial charge in [-0.15, -0.1) is 11.3 Å². The molecule has 3 aromatic rings. The van der Waals surface area contributed by atoms with Crippen LogP contribution in [0.3, 0.4) is 0 Å². The van der Waals surface area contributed by atoms with E-state index in [1.165, 1.54) is 4.88 Å². The minimum absolute atomic E-state index is 0.0991. The van der Waals surface area contributed by atoms with Crippen LogP contribution in [0.5, 0.6) is 0 Å². The minimum atomic E-state index is -0.0991. The Hall–Kier alpha value is -2.46. The molecular weight excluding hydrogens is 292 g/mol. The number of amides is 1. The van der Waals surface area contributed by atoms with E-state index in [9.17, 15) is 4.79 Å². The lowest BCUT2D eigenvalue weighted by atomic mass is 10.1. The quantitative estimate of drug-likeness (QED) is 0.790. The second kappa shape index (κ2) is 6.54. The average Bonchev–Trinajstić information content (AvgIpc) is 3.00. The van der Waals surface area contributed by atoms with Crippen molar-refractivity contribution in [2.75, 3.05) is 0 Å². The van der Waals surface area contributed by atoms with Crippen molar-refractivity contribution in [1.29, 1.82) is 0 Å². The van der Waals surface area contributed by atoms with Crippen molar-refractivity contribution in [3.8, 4) is 10.6 Å². The van der Waals surface area contributed by atoms with Gasteiger partial charge in [0.25, 0.3) is 5.91 Å². The zero-order chi connectivity index (χ0) is 15.4. The first-order valence-electron chi connectivity index (χ1n) is 7.08. The van der Waals surface area contributed by atoms with Crippen molar-refractivity contribution in [1.82, 2.24) is 10.3 Å². The molecule has 3 nitrogen and oxygen atoms in total. The van der Waals surface area contributed by atoms with E-state index in [4.69, 9.17) is 0 Å². The van der Waals surface area contributed by atoms with Crippen LogP contribution in [-0.2, 0) is 6.54 Å². The standard InChI is InChI=1S/C18H16N2OS/c1-13-9-10-16(22-13)17-15(8-5-11-19-17)18(21)20-12-14-6-3-2-4-7-14/h2-11H,12H2,1H3,(H,20,21). The van der Waals surface area contributed by atoms with Crippen molar-refractivity contribution in [2.45, 2.75) is 13.5 Å². The number of carbonyl (C=O) groups is 1. The fraction of sp³-hybridized carbons (Fsp3) is 0.111. The van der Waals surface area contributed by atoms with Crippen molar-refractivity contribution in [2.24, 2.45) is 0 Å². The molecule has 0 saturated carbocycles. The van der Waals surface area contributed by atoms with E-state index in [0.717, 1.165) is 16.1 Å². The van der Waals surface area contributed by atoms with Gasteiger partial charge in [-0.2, -0.15) is 0 Å². The zero-order valence-electron chi connectivity index (χ0n) is 12.2. The topological polar surface area (TPSA) is 42.0 Å². The maximum absolute atomic E-state index is 12.5. The molecule has 1 N–H and O–H groups in total. The average molecular weight is 308 g/mol. The van der Waals surface area contributed by atoms with Crippen LogP contribution in [0.25, 0.3) is 10.6 Å². The summed E-state index contributed by atoms with van der Waals surface area (Å²) >= 11 is 1.64. The number of benzene rings is 1. The number of thiophene rings is 1. The summed E-state index contributed by atoms with van der Waals surface area (Å²) in [5, 5.41) is 2.96. The molecule has 0 aliphatic carbocycles. The fourth-order valence-corrected chi connectivity index (χ4v) is 3.10. The molecule has 3 rings (SSSR count). The number of rotatable bonds is 4. The summed E-state index contributed by atoms with van der Waals surface area (Å²) in [7, 11) is 0. The zero-order valence-corrected chi connectivity index (χ0v) is 13.1. The molecule has 0 bridgehead atoms. The first-order chi connectivity index (χ1) is 10.7. The minimum Gasteiger partial charge on any atom is -0.348 e. The van der Waals surface area contributed by atoms with Crippen LogP contribution < -0.4 is 5.32 Å². The normalized spacial score (nSPS) is 10.4. The Morgan fingerprint density at radius 2 is 1.91 bits per heavy atom. The van der Waals surface area contributed by atoms with E-state index < -0.39 is 0 Å². The lowest BCUT2D eigenvalue weighted by Crippen LogP contribution is -2.23. The molecule has 0 atom stereocenters. The number of aromatic nitrogens is 1. The van der Waals surface area contributed by atoms with Gasteiger partial charge < -0.3 is 5.32 Å². The number of nitrogens with one attached hydrogen (secondary N) is 1. The summed E-state index contributed by atoms with van der Waals surface area (Å²) in [5.74, 6) is -0.0991. The fourth-order valence-electron chi connectivity index (χ4n) is 2.22. The first kappa shape index (κ1) is 14.5. The molecule has 110 valence electrons. The van der Waals surface area contributed by atoms with Gasteiger partial charge in [-0.25, -0.2) is 0 Å². The Morgan fingerprint density at radius 1 is 1.09 bits per heavy atom. The van der Waals surface area contributed by atoms with Gasteiger partial charge >= 0.3 is 0 Å². The highest BCUT2D eigenvalue weighted by molar-refractivity contribution is 7.15. The Balaban J connectivity index is 1.81. The SMILES string of the molecule is Cc1ccc(-c2ncccc2C(=O)NCc2ccccc2)s1. The molecule has 1 aromatic carbocycles. The number of hydrogen-bond acceptors (Lipinski definition) is 3. The first-order valence-corrected chi connectivity index (χ1v) is 7.89. The van der Waals surface area contributed by atoms with Crippen LogP contribution in [0.1, 0.15) is 20.8 Å². The van der Waals surface area contributed by atoms with E-state index in [1.54, 1.807) is 23.6 Å². The molecule has 4 heteroatoms. The van der Waals surface area contributed by atoms with E-state index in [0.29, 0.717) is 12.1 Å². The van der Waals surface area contributed by atoms with Gasteiger partial charge in [0.2, 0.25) is 0 Å². The molecule has 2 heterocycles. The second-order valence-corrected chi connectivity index (χ2v) is 6.27. The molecule has 0 spiro atoms. The van der Waals surface area contributed by atoms with E-state index in [-0.39, 0.29) is 5.91 Å². The maximum atomic E-state index is 12.5. The lowest BCUT2D eigenvalue weighted by Gasteiger charge is -2.08. The Bertz CT molecular complexity index is 781. The molecule has 0 aliphatic rings. The molecular formula is C18H16N2OS. The molecule has 0 radical (unpaired) electrons. The number of nitrogens with zero attached hydrogens (tertiary/aromatic N) is 1. The Morgan fingerprint density at radius 3 is 2.64 bits per heavy atom. The summed E-state index contributed by atoms with van der Waals surface area (Å²) in [6.45, 7) is 2.56. The smallest absolute Gasteiger partial charge is 0.253 e. The number of pyridine rings is 1. The highest BCUT2D eigenvalue weighted by Crippen LogP contribution is 2.28. The predicted octanol–water partition coefficient (Wildman–Crippen LogP) is 4.05. The van der Waals surface area contributed by atoms with Crippen molar-refractivity contribution in [3.63, 3.8) is 0 Å². The molecule has 0 saturated heterocycles. The molecule has 0 fully saturated rings.